The van der Waals surface area contributed by atoms with E-state index in [0.717, 1.165) is 5.56 Å². The second-order valence-electron chi connectivity index (χ2n) is 3.24. The minimum atomic E-state index is 0.451. The third kappa shape index (κ3) is 2.34. The molecule has 1 aromatic rings. The topological polar surface area (TPSA) is 48.1 Å². The van der Waals surface area contributed by atoms with Gasteiger partial charge in [-0.3, -0.25) is 0 Å². The van der Waals surface area contributed by atoms with Crippen molar-refractivity contribution in [3.8, 4) is 5.75 Å². The summed E-state index contributed by atoms with van der Waals surface area (Å²) in [4.78, 5) is 4.07. The third-order valence-corrected chi connectivity index (χ3v) is 1.87. The molecule has 0 bridgehead atoms. The van der Waals surface area contributed by atoms with Crippen molar-refractivity contribution >= 4 is 5.82 Å². The first-order valence-electron chi connectivity index (χ1n) is 4.53. The Kier molecular flexibility index (Phi) is 3.12. The Morgan fingerprint density at radius 2 is 2.23 bits per heavy atom. The largest absolute Gasteiger partial charge is 0.490 e. The van der Waals surface area contributed by atoms with Crippen LogP contribution in [-0.2, 0) is 0 Å². The molecule has 1 aromatic heterocycles. The number of anilines is 1. The molecule has 0 saturated carbocycles. The molecule has 1 heterocycles. The molecule has 13 heavy (non-hydrogen) atoms. The molecule has 1 rings (SSSR count). The maximum atomic E-state index is 5.64. The molecule has 0 radical (unpaired) electrons. The van der Waals surface area contributed by atoms with Crippen molar-refractivity contribution in [2.45, 2.75) is 26.7 Å². The van der Waals surface area contributed by atoms with Crippen LogP contribution in [0.15, 0.2) is 12.3 Å². The van der Waals surface area contributed by atoms with E-state index < -0.39 is 0 Å². The highest BCUT2D eigenvalue weighted by Crippen LogP contribution is 2.23. The number of ether oxygens (including phenoxy) is 1. The van der Waals surface area contributed by atoms with Gasteiger partial charge in [0.15, 0.2) is 11.6 Å². The first kappa shape index (κ1) is 9.84. The Labute approximate surface area is 78.9 Å². The number of nitrogens with two attached hydrogens (primary N) is 1. The number of nitrogen functional groups attached to an aromatic ring is 1. The Bertz CT molecular complexity index is 284. The standard InChI is InChI=1S/C10H16N2O/c1-4-13-9-5-8(7(2)3)6-12-10(9)11/h5-7H,4H2,1-3H3,(H2,11,12). The third-order valence-electron chi connectivity index (χ3n) is 1.87. The summed E-state index contributed by atoms with van der Waals surface area (Å²) in [6.45, 7) is 6.78. The second-order valence-corrected chi connectivity index (χ2v) is 3.24. The van der Waals surface area contributed by atoms with E-state index in [9.17, 15) is 0 Å². The molecule has 3 nitrogen and oxygen atoms in total. The fourth-order valence-corrected chi connectivity index (χ4v) is 1.06. The molecule has 72 valence electrons. The fraction of sp³-hybridized carbons (Fsp3) is 0.500. The fourth-order valence-electron chi connectivity index (χ4n) is 1.06. The predicted octanol–water partition coefficient (Wildman–Crippen LogP) is 2.19. The zero-order valence-electron chi connectivity index (χ0n) is 8.37. The van der Waals surface area contributed by atoms with Gasteiger partial charge in [-0.1, -0.05) is 13.8 Å². The molecular formula is C10H16N2O. The van der Waals surface area contributed by atoms with Gasteiger partial charge in [0.2, 0.25) is 0 Å². The predicted molar refractivity (Wildman–Crippen MR) is 53.9 cm³/mol. The highest BCUT2D eigenvalue weighted by Gasteiger charge is 2.05. The summed E-state index contributed by atoms with van der Waals surface area (Å²) in [6.07, 6.45) is 1.79. The van der Waals surface area contributed by atoms with Gasteiger partial charge < -0.3 is 10.5 Å². The molecule has 0 atom stereocenters. The molecule has 0 aliphatic carbocycles. The molecule has 0 amide bonds. The van der Waals surface area contributed by atoms with Crippen LogP contribution in [0, 0.1) is 0 Å². The summed E-state index contributed by atoms with van der Waals surface area (Å²) in [5.74, 6) is 1.60. The van der Waals surface area contributed by atoms with Crippen LogP contribution in [0.4, 0.5) is 5.82 Å². The van der Waals surface area contributed by atoms with Crippen LogP contribution in [0.2, 0.25) is 0 Å². The first-order chi connectivity index (χ1) is 6.15. The van der Waals surface area contributed by atoms with Gasteiger partial charge >= 0.3 is 0 Å². The van der Waals surface area contributed by atoms with E-state index in [2.05, 4.69) is 18.8 Å². The number of hydrogen-bond donors (Lipinski definition) is 1. The lowest BCUT2D eigenvalue weighted by atomic mass is 10.1. The van der Waals surface area contributed by atoms with Gasteiger partial charge in [0.25, 0.3) is 0 Å². The smallest absolute Gasteiger partial charge is 0.166 e. The Morgan fingerprint density at radius 1 is 1.54 bits per heavy atom. The van der Waals surface area contributed by atoms with Gasteiger partial charge in [0.05, 0.1) is 6.61 Å². The highest BCUT2D eigenvalue weighted by molar-refractivity contribution is 5.47. The van der Waals surface area contributed by atoms with E-state index in [1.165, 1.54) is 0 Å². The number of aromatic nitrogens is 1. The van der Waals surface area contributed by atoms with Crippen LogP contribution in [0.5, 0.6) is 5.75 Å². The zero-order valence-corrected chi connectivity index (χ0v) is 8.37. The van der Waals surface area contributed by atoms with E-state index >= 15 is 0 Å². The average Bonchev–Trinajstić information content (AvgIpc) is 2.08. The highest BCUT2D eigenvalue weighted by atomic mass is 16.5. The molecule has 2 N–H and O–H groups in total. The summed E-state index contributed by atoms with van der Waals surface area (Å²) in [5, 5.41) is 0. The summed E-state index contributed by atoms with van der Waals surface area (Å²) in [5.41, 5.74) is 6.79. The lowest BCUT2D eigenvalue weighted by Gasteiger charge is -2.09. The molecule has 0 spiro atoms. The van der Waals surface area contributed by atoms with Crippen LogP contribution in [0.25, 0.3) is 0 Å². The van der Waals surface area contributed by atoms with Crippen molar-refractivity contribution < 1.29 is 4.74 Å². The minimum Gasteiger partial charge on any atom is -0.490 e. The normalized spacial score (nSPS) is 10.5. The SMILES string of the molecule is CCOc1cc(C(C)C)cnc1N. The molecular weight excluding hydrogens is 164 g/mol. The number of rotatable bonds is 3. The number of hydrogen-bond acceptors (Lipinski definition) is 3. The Morgan fingerprint density at radius 3 is 2.77 bits per heavy atom. The van der Waals surface area contributed by atoms with Gasteiger partial charge in [-0.15, -0.1) is 0 Å². The molecule has 0 unspecified atom stereocenters. The molecule has 3 heteroatoms. The van der Waals surface area contributed by atoms with Gasteiger partial charge in [-0.25, -0.2) is 4.98 Å². The Balaban J connectivity index is 2.97. The second kappa shape index (κ2) is 4.12. The monoisotopic (exact) mass is 180 g/mol. The number of pyridine rings is 1. The van der Waals surface area contributed by atoms with Crippen LogP contribution < -0.4 is 10.5 Å². The van der Waals surface area contributed by atoms with E-state index in [-0.39, 0.29) is 0 Å². The van der Waals surface area contributed by atoms with Crippen molar-refractivity contribution in [2.75, 3.05) is 12.3 Å². The summed E-state index contributed by atoms with van der Waals surface area (Å²) in [6, 6.07) is 1.95. The molecule has 0 aliphatic rings. The van der Waals surface area contributed by atoms with Crippen molar-refractivity contribution in [2.24, 2.45) is 0 Å². The number of nitrogens with zero attached hydrogens (tertiary/aromatic N) is 1. The maximum Gasteiger partial charge on any atom is 0.166 e. The maximum absolute atomic E-state index is 5.64. The van der Waals surface area contributed by atoms with Gasteiger partial charge in [0.1, 0.15) is 0 Å². The van der Waals surface area contributed by atoms with Gasteiger partial charge in [-0.2, -0.15) is 0 Å². The van der Waals surface area contributed by atoms with Gasteiger partial charge in [-0.05, 0) is 24.5 Å². The van der Waals surface area contributed by atoms with E-state index in [1.54, 1.807) is 6.20 Å². The van der Waals surface area contributed by atoms with Crippen molar-refractivity contribution in [3.63, 3.8) is 0 Å². The minimum absolute atomic E-state index is 0.451. The molecule has 0 aromatic carbocycles. The zero-order chi connectivity index (χ0) is 9.84. The van der Waals surface area contributed by atoms with Crippen LogP contribution in [0.3, 0.4) is 0 Å². The van der Waals surface area contributed by atoms with Crippen molar-refractivity contribution in [3.05, 3.63) is 17.8 Å². The van der Waals surface area contributed by atoms with Crippen LogP contribution in [-0.4, -0.2) is 11.6 Å². The van der Waals surface area contributed by atoms with E-state index in [0.29, 0.717) is 24.1 Å². The quantitative estimate of drug-likeness (QED) is 0.775. The average molecular weight is 180 g/mol. The van der Waals surface area contributed by atoms with E-state index in [4.69, 9.17) is 10.5 Å². The van der Waals surface area contributed by atoms with Crippen molar-refractivity contribution in [1.29, 1.82) is 0 Å². The summed E-state index contributed by atoms with van der Waals surface area (Å²) in [7, 11) is 0. The molecule has 0 aliphatic heterocycles. The first-order valence-corrected chi connectivity index (χ1v) is 4.53. The van der Waals surface area contributed by atoms with Crippen LogP contribution >= 0.6 is 0 Å². The summed E-state index contributed by atoms with van der Waals surface area (Å²) < 4.78 is 5.34. The van der Waals surface area contributed by atoms with E-state index in [1.807, 2.05) is 13.0 Å². The lowest BCUT2D eigenvalue weighted by molar-refractivity contribution is 0.340. The van der Waals surface area contributed by atoms with Crippen LogP contribution in [0.1, 0.15) is 32.3 Å². The Hall–Kier alpha value is -1.25. The molecule has 0 fully saturated rings. The lowest BCUT2D eigenvalue weighted by Crippen LogP contribution is -2.01. The molecule has 0 saturated heterocycles. The summed E-state index contributed by atoms with van der Waals surface area (Å²) >= 11 is 0. The van der Waals surface area contributed by atoms with Gasteiger partial charge in [0, 0.05) is 6.20 Å². The van der Waals surface area contributed by atoms with Crippen molar-refractivity contribution in [1.82, 2.24) is 4.98 Å².